The van der Waals surface area contributed by atoms with Crippen molar-refractivity contribution in [3.05, 3.63) is 0 Å². The number of hydrogen-bond acceptors (Lipinski definition) is 4. The van der Waals surface area contributed by atoms with Crippen LogP contribution >= 0.6 is 0 Å². The zero-order valence-corrected chi connectivity index (χ0v) is 12.6. The van der Waals surface area contributed by atoms with E-state index in [1.54, 1.807) is 0 Å². The molecule has 0 bridgehead atoms. The maximum Gasteiger partial charge on any atom is -0.00369 e. The van der Waals surface area contributed by atoms with Crippen LogP contribution < -0.4 is 22.1 Å². The lowest BCUT2D eigenvalue weighted by atomic mass is 10.3. The van der Waals surface area contributed by atoms with Crippen LogP contribution in [0.1, 0.15) is 52.4 Å². The SMILES string of the molecule is CCCC.NCCCNCCCCNCCCN. The number of nitrogens with one attached hydrogen (secondary N) is 2. The minimum Gasteiger partial charge on any atom is -0.330 e. The number of rotatable bonds is 12. The van der Waals surface area contributed by atoms with Gasteiger partial charge in [0, 0.05) is 0 Å². The molecule has 6 N–H and O–H groups in total. The molecule has 0 aliphatic carbocycles. The number of hydrogen-bond donors (Lipinski definition) is 4. The molecule has 0 spiro atoms. The number of nitrogens with two attached hydrogens (primary N) is 2. The van der Waals surface area contributed by atoms with E-state index in [2.05, 4.69) is 24.5 Å². The smallest absolute Gasteiger partial charge is 0.00369 e. The number of unbranched alkanes of at least 4 members (excludes halogenated alkanes) is 2. The molecule has 0 aliphatic rings. The Morgan fingerprint density at radius 3 is 1.22 bits per heavy atom. The van der Waals surface area contributed by atoms with Gasteiger partial charge in [0.25, 0.3) is 0 Å². The summed E-state index contributed by atoms with van der Waals surface area (Å²) in [4.78, 5) is 0. The van der Waals surface area contributed by atoms with Gasteiger partial charge in [-0.05, 0) is 65.0 Å². The highest BCUT2D eigenvalue weighted by Crippen LogP contribution is 1.85. The Hall–Kier alpha value is -0.160. The van der Waals surface area contributed by atoms with Gasteiger partial charge in [0.2, 0.25) is 0 Å². The second kappa shape index (κ2) is 22.1. The topological polar surface area (TPSA) is 76.1 Å². The molecule has 0 atom stereocenters. The predicted molar refractivity (Wildman–Crippen MR) is 82.9 cm³/mol. The fourth-order valence-corrected chi connectivity index (χ4v) is 1.20. The lowest BCUT2D eigenvalue weighted by Gasteiger charge is -2.04. The van der Waals surface area contributed by atoms with Crippen LogP contribution in [0.15, 0.2) is 0 Å². The minimum atomic E-state index is 0.785. The summed E-state index contributed by atoms with van der Waals surface area (Å²) in [5, 5.41) is 6.72. The molecule has 0 amide bonds. The fourth-order valence-electron chi connectivity index (χ4n) is 1.20. The summed E-state index contributed by atoms with van der Waals surface area (Å²) in [6.07, 6.45) is 7.27. The van der Waals surface area contributed by atoms with Crippen LogP contribution in [0.3, 0.4) is 0 Å². The molecule has 0 unspecified atom stereocenters. The van der Waals surface area contributed by atoms with E-state index in [-0.39, 0.29) is 0 Å². The van der Waals surface area contributed by atoms with Gasteiger partial charge in [-0.1, -0.05) is 26.7 Å². The van der Waals surface area contributed by atoms with Gasteiger partial charge in [-0.25, -0.2) is 0 Å². The van der Waals surface area contributed by atoms with Crippen molar-refractivity contribution in [2.45, 2.75) is 52.4 Å². The van der Waals surface area contributed by atoms with E-state index in [1.807, 2.05) is 0 Å². The van der Waals surface area contributed by atoms with Gasteiger partial charge in [0.1, 0.15) is 0 Å². The van der Waals surface area contributed by atoms with Gasteiger partial charge in [-0.15, -0.1) is 0 Å². The first-order valence-corrected chi connectivity index (χ1v) is 7.64. The van der Waals surface area contributed by atoms with E-state index in [0.717, 1.165) is 52.1 Å². The molecule has 4 nitrogen and oxygen atoms in total. The van der Waals surface area contributed by atoms with E-state index in [4.69, 9.17) is 11.5 Å². The first kappa shape index (κ1) is 20.2. The minimum absolute atomic E-state index is 0.785. The zero-order chi connectivity index (χ0) is 13.9. The van der Waals surface area contributed by atoms with Crippen LogP contribution in [0.25, 0.3) is 0 Å². The van der Waals surface area contributed by atoms with Crippen LogP contribution in [0.4, 0.5) is 0 Å². The molecule has 0 aromatic carbocycles. The Morgan fingerprint density at radius 1 is 0.611 bits per heavy atom. The quantitative estimate of drug-likeness (QED) is 0.401. The van der Waals surface area contributed by atoms with Crippen molar-refractivity contribution in [3.8, 4) is 0 Å². The summed E-state index contributed by atoms with van der Waals surface area (Å²) in [5.74, 6) is 0. The van der Waals surface area contributed by atoms with Crippen LogP contribution in [-0.2, 0) is 0 Å². The Bertz CT molecular complexity index is 106. The Morgan fingerprint density at radius 2 is 0.944 bits per heavy atom. The monoisotopic (exact) mass is 260 g/mol. The van der Waals surface area contributed by atoms with E-state index >= 15 is 0 Å². The first-order chi connectivity index (χ1) is 8.83. The lowest BCUT2D eigenvalue weighted by molar-refractivity contribution is 0.570. The molecule has 0 aromatic heterocycles. The summed E-state index contributed by atoms with van der Waals surface area (Å²) in [6, 6.07) is 0. The van der Waals surface area contributed by atoms with Crippen molar-refractivity contribution in [1.29, 1.82) is 0 Å². The average molecular weight is 260 g/mol. The molecule has 0 fully saturated rings. The molecule has 0 aliphatic heterocycles. The van der Waals surface area contributed by atoms with Crippen molar-refractivity contribution < 1.29 is 0 Å². The van der Waals surface area contributed by atoms with Crippen molar-refractivity contribution in [2.24, 2.45) is 11.5 Å². The third-order valence-electron chi connectivity index (χ3n) is 2.57. The largest absolute Gasteiger partial charge is 0.330 e. The van der Waals surface area contributed by atoms with Crippen LogP contribution in [0.2, 0.25) is 0 Å². The second-order valence-electron chi connectivity index (χ2n) is 4.49. The van der Waals surface area contributed by atoms with Crippen molar-refractivity contribution >= 4 is 0 Å². The molecule has 0 radical (unpaired) electrons. The van der Waals surface area contributed by atoms with Gasteiger partial charge >= 0.3 is 0 Å². The maximum absolute atomic E-state index is 5.38. The fraction of sp³-hybridized carbons (Fsp3) is 1.00. The first-order valence-electron chi connectivity index (χ1n) is 7.64. The molecule has 0 aromatic rings. The molecular weight excluding hydrogens is 224 g/mol. The summed E-state index contributed by atoms with van der Waals surface area (Å²) < 4.78 is 0. The Labute approximate surface area is 114 Å². The third-order valence-corrected chi connectivity index (χ3v) is 2.57. The Kier molecular flexibility index (Phi) is 24.7. The summed E-state index contributed by atoms with van der Waals surface area (Å²) in [5.41, 5.74) is 10.8. The molecule has 0 rings (SSSR count). The summed E-state index contributed by atoms with van der Waals surface area (Å²) >= 11 is 0. The van der Waals surface area contributed by atoms with Crippen molar-refractivity contribution in [1.82, 2.24) is 10.6 Å². The van der Waals surface area contributed by atoms with Crippen molar-refractivity contribution in [2.75, 3.05) is 39.3 Å². The van der Waals surface area contributed by atoms with Gasteiger partial charge in [0.15, 0.2) is 0 Å². The second-order valence-corrected chi connectivity index (χ2v) is 4.49. The van der Waals surface area contributed by atoms with E-state index < -0.39 is 0 Å². The molecule has 112 valence electrons. The normalized spacial score (nSPS) is 10.0. The molecule has 0 saturated carbocycles. The highest BCUT2D eigenvalue weighted by Gasteiger charge is 1.89. The predicted octanol–water partition coefficient (Wildman–Crippen LogP) is 1.45. The van der Waals surface area contributed by atoms with Gasteiger partial charge < -0.3 is 22.1 Å². The van der Waals surface area contributed by atoms with Gasteiger partial charge in [-0.2, -0.15) is 0 Å². The van der Waals surface area contributed by atoms with E-state index in [1.165, 1.54) is 25.7 Å². The zero-order valence-electron chi connectivity index (χ0n) is 12.6. The third kappa shape index (κ3) is 24.9. The molecule has 4 heteroatoms. The highest BCUT2D eigenvalue weighted by molar-refractivity contribution is 4.52. The molecular formula is C14H36N4. The molecule has 18 heavy (non-hydrogen) atoms. The lowest BCUT2D eigenvalue weighted by Crippen LogP contribution is -2.22. The Balaban J connectivity index is 0. The van der Waals surface area contributed by atoms with Crippen LogP contribution in [-0.4, -0.2) is 39.3 Å². The van der Waals surface area contributed by atoms with E-state index in [0.29, 0.717) is 0 Å². The molecule has 0 heterocycles. The summed E-state index contributed by atoms with van der Waals surface area (Å²) in [6.45, 7) is 10.3. The van der Waals surface area contributed by atoms with Gasteiger partial charge in [-0.3, -0.25) is 0 Å². The maximum atomic E-state index is 5.38. The summed E-state index contributed by atoms with van der Waals surface area (Å²) in [7, 11) is 0. The van der Waals surface area contributed by atoms with Crippen LogP contribution in [0.5, 0.6) is 0 Å². The van der Waals surface area contributed by atoms with Crippen LogP contribution in [0, 0.1) is 0 Å². The highest BCUT2D eigenvalue weighted by atomic mass is 14.9. The van der Waals surface area contributed by atoms with Gasteiger partial charge in [0.05, 0.1) is 0 Å². The van der Waals surface area contributed by atoms with Crippen molar-refractivity contribution in [3.63, 3.8) is 0 Å². The molecule has 0 saturated heterocycles. The standard InChI is InChI=1S/C10H26N4.C4H10/c11-5-3-9-13-7-1-2-8-14-10-4-6-12;1-3-4-2/h13-14H,1-12H2;3-4H2,1-2H3. The average Bonchev–Trinajstić information content (AvgIpc) is 2.41. The van der Waals surface area contributed by atoms with E-state index in [9.17, 15) is 0 Å².